The number of nitrogens with one attached hydrogen (secondary N) is 2. The summed E-state index contributed by atoms with van der Waals surface area (Å²) >= 11 is 0. The lowest BCUT2D eigenvalue weighted by atomic mass is 10.0. The van der Waals surface area contributed by atoms with Gasteiger partial charge >= 0.3 is 6.09 Å². The Balaban J connectivity index is 1.19. The summed E-state index contributed by atoms with van der Waals surface area (Å²) in [6.07, 6.45) is 3.55. The molecule has 3 aromatic carbocycles. The Morgan fingerprint density at radius 3 is 2.64 bits per heavy atom. The third-order valence-corrected chi connectivity index (χ3v) is 6.88. The molecule has 2 fully saturated rings. The fraction of sp³-hybridized carbons (Fsp3) is 0.276. The number of rotatable bonds is 6. The van der Waals surface area contributed by atoms with Crippen LogP contribution in [-0.2, 0) is 11.3 Å². The van der Waals surface area contributed by atoms with Gasteiger partial charge in [0, 0.05) is 18.2 Å². The Hall–Kier alpha value is -4.13. The van der Waals surface area contributed by atoms with Gasteiger partial charge in [0.1, 0.15) is 12.4 Å². The first kappa shape index (κ1) is 22.3. The number of nitrogens with zero attached hydrogens (tertiary/aromatic N) is 2. The zero-order valence-electron chi connectivity index (χ0n) is 19.9. The summed E-state index contributed by atoms with van der Waals surface area (Å²) in [4.78, 5) is 35.3. The van der Waals surface area contributed by atoms with E-state index < -0.39 is 0 Å². The van der Waals surface area contributed by atoms with Crippen LogP contribution in [0.5, 0.6) is 0 Å². The van der Waals surface area contributed by atoms with E-state index in [1.165, 1.54) is 0 Å². The number of amides is 2. The summed E-state index contributed by atoms with van der Waals surface area (Å²) in [5.74, 6) is 0.749. The zero-order chi connectivity index (χ0) is 24.5. The number of carbonyl (C=O) groups excluding carboxylic acids is 2. The number of benzene rings is 3. The molecule has 1 atom stereocenters. The first-order valence-electron chi connectivity index (χ1n) is 12.5. The predicted octanol–water partition coefficient (Wildman–Crippen LogP) is 5.60. The van der Waals surface area contributed by atoms with Crippen molar-refractivity contribution >= 4 is 23.0 Å². The highest BCUT2D eigenvalue weighted by Gasteiger charge is 2.33. The molecule has 2 heterocycles. The fourth-order valence-electron chi connectivity index (χ4n) is 4.77. The van der Waals surface area contributed by atoms with Gasteiger partial charge in [0.25, 0.3) is 5.91 Å². The van der Waals surface area contributed by atoms with E-state index in [1.807, 2.05) is 66.7 Å². The number of aromatic amines is 1. The molecule has 1 aliphatic heterocycles. The monoisotopic (exact) mass is 480 g/mol. The van der Waals surface area contributed by atoms with Crippen LogP contribution in [0.3, 0.4) is 0 Å². The average Bonchev–Trinajstić information content (AvgIpc) is 3.41. The molecule has 36 heavy (non-hydrogen) atoms. The van der Waals surface area contributed by atoms with Crippen LogP contribution in [0.25, 0.3) is 22.2 Å². The van der Waals surface area contributed by atoms with E-state index in [1.54, 1.807) is 4.90 Å². The van der Waals surface area contributed by atoms with Crippen molar-refractivity contribution in [1.82, 2.24) is 20.2 Å². The van der Waals surface area contributed by atoms with Crippen molar-refractivity contribution in [2.75, 3.05) is 6.54 Å². The molecule has 1 saturated carbocycles. The number of likely N-dealkylation sites (tertiary alicyclic amines) is 1. The molecule has 1 unspecified atom stereocenters. The molecule has 2 amide bonds. The van der Waals surface area contributed by atoms with Gasteiger partial charge < -0.3 is 15.0 Å². The van der Waals surface area contributed by atoms with Crippen molar-refractivity contribution in [1.29, 1.82) is 0 Å². The van der Waals surface area contributed by atoms with E-state index in [-0.39, 0.29) is 24.6 Å². The second-order valence-electron chi connectivity index (χ2n) is 9.57. The molecule has 7 heteroatoms. The van der Waals surface area contributed by atoms with Crippen LogP contribution in [0.1, 0.15) is 53.5 Å². The molecule has 7 nitrogen and oxygen atoms in total. The number of carbonyl (C=O) groups is 2. The number of fused-ring (bicyclic) bond motifs is 1. The van der Waals surface area contributed by atoms with E-state index in [9.17, 15) is 9.59 Å². The molecule has 1 aromatic heterocycles. The number of imidazole rings is 1. The summed E-state index contributed by atoms with van der Waals surface area (Å²) in [5.41, 5.74) is 5.36. The minimum atomic E-state index is -0.316. The zero-order valence-corrected chi connectivity index (χ0v) is 19.9. The van der Waals surface area contributed by atoms with E-state index in [2.05, 4.69) is 16.4 Å². The number of hydrogen-bond donors (Lipinski definition) is 2. The van der Waals surface area contributed by atoms with Gasteiger partial charge in [-0.15, -0.1) is 0 Å². The van der Waals surface area contributed by atoms with Crippen LogP contribution in [0, 0.1) is 0 Å². The van der Waals surface area contributed by atoms with Gasteiger partial charge in [-0.2, -0.15) is 0 Å². The number of aromatic nitrogens is 2. The number of hydrogen-bond acceptors (Lipinski definition) is 4. The second-order valence-corrected chi connectivity index (χ2v) is 9.57. The van der Waals surface area contributed by atoms with Gasteiger partial charge in [-0.05, 0) is 66.6 Å². The third-order valence-electron chi connectivity index (χ3n) is 6.88. The van der Waals surface area contributed by atoms with Gasteiger partial charge in [0.15, 0.2) is 0 Å². The fourth-order valence-corrected chi connectivity index (χ4v) is 4.77. The van der Waals surface area contributed by atoms with E-state index in [0.29, 0.717) is 18.2 Å². The lowest BCUT2D eigenvalue weighted by molar-refractivity contribution is 0.0909. The van der Waals surface area contributed by atoms with Crippen LogP contribution < -0.4 is 5.32 Å². The molecule has 1 saturated heterocycles. The first-order valence-corrected chi connectivity index (χ1v) is 12.5. The lowest BCUT2D eigenvalue weighted by Gasteiger charge is -2.22. The summed E-state index contributed by atoms with van der Waals surface area (Å²) in [7, 11) is 0. The smallest absolute Gasteiger partial charge is 0.410 e. The van der Waals surface area contributed by atoms with Crippen LogP contribution >= 0.6 is 0 Å². The minimum absolute atomic E-state index is 0.0234. The lowest BCUT2D eigenvalue weighted by Crippen LogP contribution is -2.31. The van der Waals surface area contributed by atoms with Crippen molar-refractivity contribution in [2.45, 2.75) is 44.4 Å². The van der Waals surface area contributed by atoms with Crippen LogP contribution in [-0.4, -0.2) is 39.5 Å². The van der Waals surface area contributed by atoms with E-state index in [0.717, 1.165) is 59.2 Å². The molecular formula is C29H28N4O3. The molecule has 0 spiro atoms. The largest absolute Gasteiger partial charge is 0.445 e. The molecule has 2 N–H and O–H groups in total. The Morgan fingerprint density at radius 1 is 0.972 bits per heavy atom. The second kappa shape index (κ2) is 9.49. The van der Waals surface area contributed by atoms with Gasteiger partial charge in [0.05, 0.1) is 17.1 Å². The highest BCUT2D eigenvalue weighted by Crippen LogP contribution is 2.33. The molecule has 182 valence electrons. The Bertz CT molecular complexity index is 1410. The Kier molecular flexibility index (Phi) is 5.89. The SMILES string of the molecule is O=C(NC1CC1)c1cccc(-c2ccc3nc(C4CCCN4C(=O)OCc4ccccc4)[nH]c3c2)c1. The first-order chi connectivity index (χ1) is 17.6. The number of H-pyrrole nitrogens is 1. The maximum atomic E-state index is 12.8. The molecule has 4 aromatic rings. The maximum absolute atomic E-state index is 12.8. The van der Waals surface area contributed by atoms with Crippen LogP contribution in [0.2, 0.25) is 0 Å². The third kappa shape index (κ3) is 4.69. The predicted molar refractivity (Wildman–Crippen MR) is 137 cm³/mol. The highest BCUT2D eigenvalue weighted by molar-refractivity contribution is 5.96. The summed E-state index contributed by atoms with van der Waals surface area (Å²) in [6.45, 7) is 0.903. The normalized spacial score (nSPS) is 17.3. The highest BCUT2D eigenvalue weighted by atomic mass is 16.6. The van der Waals surface area contributed by atoms with E-state index >= 15 is 0 Å². The number of ether oxygens (including phenoxy) is 1. The van der Waals surface area contributed by atoms with Crippen molar-refractivity contribution < 1.29 is 14.3 Å². The maximum Gasteiger partial charge on any atom is 0.410 e. The van der Waals surface area contributed by atoms with Gasteiger partial charge in [-0.3, -0.25) is 9.69 Å². The van der Waals surface area contributed by atoms with Gasteiger partial charge in [0.2, 0.25) is 0 Å². The van der Waals surface area contributed by atoms with Crippen molar-refractivity contribution in [3.05, 3.63) is 89.7 Å². The standard InChI is InChI=1S/C29H28N4O3/c34-28(30-23-12-13-23)22-9-4-8-20(16-22)21-11-14-24-25(17-21)32-27(31-24)26-10-5-15-33(26)29(35)36-18-19-6-2-1-3-7-19/h1-4,6-9,11,14,16-17,23,26H,5,10,12-13,15,18H2,(H,30,34)(H,31,32). The molecular weight excluding hydrogens is 452 g/mol. The van der Waals surface area contributed by atoms with Crippen LogP contribution in [0.4, 0.5) is 4.79 Å². The Morgan fingerprint density at radius 2 is 1.81 bits per heavy atom. The van der Waals surface area contributed by atoms with Crippen molar-refractivity contribution in [3.8, 4) is 11.1 Å². The summed E-state index contributed by atoms with van der Waals surface area (Å²) in [6, 6.07) is 23.6. The molecule has 6 rings (SSSR count). The van der Waals surface area contributed by atoms with Gasteiger partial charge in [-0.1, -0.05) is 48.5 Å². The quantitative estimate of drug-likeness (QED) is 0.376. The van der Waals surface area contributed by atoms with Crippen molar-refractivity contribution in [2.24, 2.45) is 0 Å². The summed E-state index contributed by atoms with van der Waals surface area (Å²) < 4.78 is 5.59. The van der Waals surface area contributed by atoms with Crippen molar-refractivity contribution in [3.63, 3.8) is 0 Å². The van der Waals surface area contributed by atoms with E-state index in [4.69, 9.17) is 9.72 Å². The minimum Gasteiger partial charge on any atom is -0.445 e. The molecule has 0 radical (unpaired) electrons. The topological polar surface area (TPSA) is 87.3 Å². The molecule has 2 aliphatic rings. The molecule has 1 aliphatic carbocycles. The summed E-state index contributed by atoms with van der Waals surface area (Å²) in [5, 5.41) is 3.05. The Labute approximate surface area is 209 Å². The molecule has 0 bridgehead atoms. The average molecular weight is 481 g/mol. The van der Waals surface area contributed by atoms with Gasteiger partial charge in [-0.25, -0.2) is 9.78 Å². The van der Waals surface area contributed by atoms with Crippen LogP contribution in [0.15, 0.2) is 72.8 Å².